The van der Waals surface area contributed by atoms with E-state index in [0.29, 0.717) is 17.2 Å². The molecule has 0 aliphatic carbocycles. The van der Waals surface area contributed by atoms with Crippen molar-refractivity contribution in [3.8, 4) is 16.2 Å². The van der Waals surface area contributed by atoms with Gasteiger partial charge in [0.05, 0.1) is 24.1 Å². The van der Waals surface area contributed by atoms with Gasteiger partial charge in [-0.2, -0.15) is 0 Å². The smallest absolute Gasteiger partial charge is 0.343 e. The van der Waals surface area contributed by atoms with Crippen LogP contribution in [-0.4, -0.2) is 53.9 Å². The van der Waals surface area contributed by atoms with Crippen LogP contribution in [0.1, 0.15) is 56.6 Å². The number of aliphatic hydroxyl groups is 1. The van der Waals surface area contributed by atoms with E-state index in [1.165, 1.54) is 6.07 Å². The van der Waals surface area contributed by atoms with Crippen LogP contribution in [0.4, 0.5) is 5.13 Å². The standard InChI is InChI=1S/C30H35N3O5S/c1-6-38-28(36)22-16-33-23(14-24(22)35)20-13-25(37-5)21(11-19(20)12-27(33)30(2,3)4)26-15-31-29(39-26)32-9-7-18(17-34)8-10-32/h11-16,18,34H,6-10,17H2,1-5H3. The molecular weight excluding hydrogens is 514 g/mol. The van der Waals surface area contributed by atoms with Crippen LogP contribution in [-0.2, 0) is 10.2 Å². The number of piperidine rings is 1. The first-order chi connectivity index (χ1) is 18.6. The number of nitrogens with zero attached hydrogens (tertiary/aromatic N) is 3. The monoisotopic (exact) mass is 549 g/mol. The number of rotatable bonds is 6. The van der Waals surface area contributed by atoms with Gasteiger partial charge in [0, 0.05) is 60.2 Å². The van der Waals surface area contributed by atoms with Crippen LogP contribution in [0, 0.1) is 5.92 Å². The first kappa shape index (κ1) is 27.1. The van der Waals surface area contributed by atoms with Crippen molar-refractivity contribution in [1.29, 1.82) is 0 Å². The van der Waals surface area contributed by atoms with Crippen LogP contribution < -0.4 is 15.1 Å². The number of aliphatic hydroxyl groups excluding tert-OH is 1. The average molecular weight is 550 g/mol. The lowest BCUT2D eigenvalue weighted by Gasteiger charge is -2.30. The first-order valence-corrected chi connectivity index (χ1v) is 14.2. The van der Waals surface area contributed by atoms with Crippen molar-refractivity contribution in [1.82, 2.24) is 9.38 Å². The normalized spacial score (nSPS) is 14.8. The molecule has 1 aliphatic heterocycles. The van der Waals surface area contributed by atoms with E-state index >= 15 is 0 Å². The zero-order chi connectivity index (χ0) is 27.9. The summed E-state index contributed by atoms with van der Waals surface area (Å²) in [5.74, 6) is 0.435. The second kappa shape index (κ2) is 10.6. The van der Waals surface area contributed by atoms with Crippen LogP contribution in [0.2, 0.25) is 0 Å². The van der Waals surface area contributed by atoms with Gasteiger partial charge >= 0.3 is 5.97 Å². The molecule has 8 nitrogen and oxygen atoms in total. The predicted molar refractivity (Wildman–Crippen MR) is 156 cm³/mol. The maximum Gasteiger partial charge on any atom is 0.343 e. The van der Waals surface area contributed by atoms with E-state index in [4.69, 9.17) is 14.5 Å². The number of methoxy groups -OCH3 is 1. The van der Waals surface area contributed by atoms with E-state index in [9.17, 15) is 14.7 Å². The first-order valence-electron chi connectivity index (χ1n) is 13.3. The fourth-order valence-corrected chi connectivity index (χ4v) is 6.23. The van der Waals surface area contributed by atoms with E-state index in [2.05, 4.69) is 37.8 Å². The third-order valence-corrected chi connectivity index (χ3v) is 8.51. The van der Waals surface area contributed by atoms with Gasteiger partial charge in [-0.25, -0.2) is 9.78 Å². The summed E-state index contributed by atoms with van der Waals surface area (Å²) in [6, 6.07) is 7.69. The Labute approximate surface area is 231 Å². The highest BCUT2D eigenvalue weighted by Crippen LogP contribution is 2.41. The lowest BCUT2D eigenvalue weighted by molar-refractivity contribution is 0.0524. The largest absolute Gasteiger partial charge is 0.496 e. The average Bonchev–Trinajstić information content (AvgIpc) is 3.41. The molecule has 4 heterocycles. The summed E-state index contributed by atoms with van der Waals surface area (Å²) in [4.78, 5) is 33.5. The minimum absolute atomic E-state index is 0.0167. The quantitative estimate of drug-likeness (QED) is 0.259. The molecule has 4 aromatic rings. The number of hydrogen-bond acceptors (Lipinski definition) is 8. The number of benzene rings is 1. The van der Waals surface area contributed by atoms with Crippen LogP contribution in [0.15, 0.2) is 41.5 Å². The summed E-state index contributed by atoms with van der Waals surface area (Å²) in [6.07, 6.45) is 5.42. The Bertz CT molecular complexity index is 1590. The molecule has 1 aromatic carbocycles. The second-order valence-electron chi connectivity index (χ2n) is 11.1. The third-order valence-electron chi connectivity index (χ3n) is 7.42. The Kier molecular flexibility index (Phi) is 7.39. The molecule has 1 saturated heterocycles. The van der Waals surface area contributed by atoms with Crippen molar-refractivity contribution in [2.75, 3.05) is 38.3 Å². The van der Waals surface area contributed by atoms with Gasteiger partial charge in [-0.3, -0.25) is 4.79 Å². The summed E-state index contributed by atoms with van der Waals surface area (Å²) in [5, 5.41) is 12.3. The Hall–Kier alpha value is -3.43. The second-order valence-corrected chi connectivity index (χ2v) is 12.1. The molecule has 0 atom stereocenters. The summed E-state index contributed by atoms with van der Waals surface area (Å²) in [6.45, 7) is 10.3. The highest BCUT2D eigenvalue weighted by atomic mass is 32.1. The molecule has 5 rings (SSSR count). The zero-order valence-electron chi connectivity index (χ0n) is 23.1. The Morgan fingerprint density at radius 2 is 1.92 bits per heavy atom. The van der Waals surface area contributed by atoms with Crippen molar-refractivity contribution >= 4 is 38.7 Å². The number of esters is 1. The number of hydrogen-bond donors (Lipinski definition) is 1. The van der Waals surface area contributed by atoms with Gasteiger partial charge in [0.25, 0.3) is 0 Å². The molecule has 3 aromatic heterocycles. The number of carbonyl (C=O) groups excluding carboxylic acids is 1. The highest BCUT2D eigenvalue weighted by Gasteiger charge is 2.24. The van der Waals surface area contributed by atoms with Crippen molar-refractivity contribution in [2.24, 2.45) is 5.92 Å². The van der Waals surface area contributed by atoms with Crippen molar-refractivity contribution in [2.45, 2.75) is 46.0 Å². The number of fused-ring (bicyclic) bond motifs is 3. The molecule has 206 valence electrons. The summed E-state index contributed by atoms with van der Waals surface area (Å²) >= 11 is 1.63. The summed E-state index contributed by atoms with van der Waals surface area (Å²) < 4.78 is 12.9. The third kappa shape index (κ3) is 5.13. The number of ether oxygens (including phenoxy) is 2. The summed E-state index contributed by atoms with van der Waals surface area (Å²) in [5.41, 5.74) is 1.98. The van der Waals surface area contributed by atoms with E-state index in [1.807, 2.05) is 16.7 Å². The molecule has 9 heteroatoms. The molecule has 1 fully saturated rings. The molecular formula is C30H35N3O5S. The Balaban J connectivity index is 1.66. The number of aromatic nitrogens is 2. The van der Waals surface area contributed by atoms with Gasteiger partial charge < -0.3 is 23.9 Å². The van der Waals surface area contributed by atoms with Crippen LogP contribution in [0.5, 0.6) is 5.75 Å². The topological polar surface area (TPSA) is 93.4 Å². The van der Waals surface area contributed by atoms with Crippen molar-refractivity contribution in [3.63, 3.8) is 0 Å². The number of anilines is 1. The van der Waals surface area contributed by atoms with E-state index < -0.39 is 5.97 Å². The molecule has 0 amide bonds. The minimum atomic E-state index is -0.619. The van der Waals surface area contributed by atoms with Crippen LogP contribution >= 0.6 is 11.3 Å². The van der Waals surface area contributed by atoms with Gasteiger partial charge in [0.2, 0.25) is 0 Å². The molecule has 1 N–H and O–H groups in total. The summed E-state index contributed by atoms with van der Waals surface area (Å²) in [7, 11) is 1.64. The molecule has 0 radical (unpaired) electrons. The van der Waals surface area contributed by atoms with Gasteiger partial charge in [-0.1, -0.05) is 32.1 Å². The van der Waals surface area contributed by atoms with E-state index in [1.54, 1.807) is 31.6 Å². The fraction of sp³-hybridized carbons (Fsp3) is 0.433. The maximum absolute atomic E-state index is 13.0. The Morgan fingerprint density at radius 1 is 1.18 bits per heavy atom. The maximum atomic E-state index is 13.0. The van der Waals surface area contributed by atoms with Gasteiger partial charge in [-0.05, 0) is 49.3 Å². The zero-order valence-corrected chi connectivity index (χ0v) is 23.9. The molecule has 0 bridgehead atoms. The van der Waals surface area contributed by atoms with Crippen LogP contribution in [0.25, 0.3) is 26.7 Å². The number of thiazole rings is 1. The van der Waals surface area contributed by atoms with Crippen molar-refractivity contribution in [3.05, 3.63) is 58.1 Å². The Morgan fingerprint density at radius 3 is 2.56 bits per heavy atom. The SMILES string of the molecule is CCOC(=O)c1cn2c(C(C)(C)C)cc3cc(-c4cnc(N5CCC(CO)CC5)s4)c(OC)cc3c2cc1=O. The molecule has 39 heavy (non-hydrogen) atoms. The van der Waals surface area contributed by atoms with Crippen molar-refractivity contribution < 1.29 is 19.4 Å². The van der Waals surface area contributed by atoms with E-state index in [0.717, 1.165) is 58.0 Å². The fourth-order valence-electron chi connectivity index (χ4n) is 5.24. The van der Waals surface area contributed by atoms with Gasteiger partial charge in [0.1, 0.15) is 11.3 Å². The molecule has 0 saturated carbocycles. The lowest BCUT2D eigenvalue weighted by Crippen LogP contribution is -2.34. The molecule has 0 unspecified atom stereocenters. The van der Waals surface area contributed by atoms with Gasteiger partial charge in [-0.15, -0.1) is 0 Å². The lowest BCUT2D eigenvalue weighted by atomic mass is 9.89. The highest BCUT2D eigenvalue weighted by molar-refractivity contribution is 7.19. The van der Waals surface area contributed by atoms with Crippen LogP contribution in [0.3, 0.4) is 0 Å². The van der Waals surface area contributed by atoms with E-state index in [-0.39, 0.29) is 29.6 Å². The molecule has 1 aliphatic rings. The van der Waals surface area contributed by atoms with Gasteiger partial charge in [0.15, 0.2) is 10.6 Å². The minimum Gasteiger partial charge on any atom is -0.496 e. The number of carbonyl (C=O) groups is 1. The molecule has 0 spiro atoms. The number of pyridine rings is 2. The predicted octanol–water partition coefficient (Wildman–Crippen LogP) is 5.27.